The van der Waals surface area contributed by atoms with Crippen molar-refractivity contribution in [3.63, 3.8) is 0 Å². The van der Waals surface area contributed by atoms with Gasteiger partial charge < -0.3 is 10.6 Å². The summed E-state index contributed by atoms with van der Waals surface area (Å²) in [6, 6.07) is 3.01. The summed E-state index contributed by atoms with van der Waals surface area (Å²) in [5.74, 6) is -1.13. The fourth-order valence-corrected chi connectivity index (χ4v) is 4.20. The molecule has 3 unspecified atom stereocenters. The normalized spacial score (nSPS) is 28.2. The van der Waals surface area contributed by atoms with Crippen molar-refractivity contribution in [1.29, 1.82) is 0 Å². The Bertz CT molecular complexity index is 787. The molecule has 146 valence electrons. The van der Waals surface area contributed by atoms with Crippen molar-refractivity contribution in [2.45, 2.75) is 51.1 Å². The van der Waals surface area contributed by atoms with E-state index in [1.807, 2.05) is 0 Å². The van der Waals surface area contributed by atoms with E-state index in [0.29, 0.717) is 5.92 Å². The first-order chi connectivity index (χ1) is 12.7. The van der Waals surface area contributed by atoms with Gasteiger partial charge in [0, 0.05) is 16.6 Å². The summed E-state index contributed by atoms with van der Waals surface area (Å²) in [5.41, 5.74) is -1.16. The van der Waals surface area contributed by atoms with Crippen molar-refractivity contribution in [3.8, 4) is 0 Å². The molecule has 2 N–H and O–H groups in total. The monoisotopic (exact) mass is 395 g/mol. The Morgan fingerprint density at radius 2 is 2.07 bits per heavy atom. The smallest absolute Gasteiger partial charge is 0.325 e. The molecule has 0 bridgehead atoms. The van der Waals surface area contributed by atoms with Crippen molar-refractivity contribution < 1.29 is 18.8 Å². The maximum atomic E-state index is 13.3. The standard InChI is InChI=1S/C19H23ClFN3O3/c1-11-5-3-4-6-15(11)22-16(25)10-24-17(26)19(2,23-18(24)27)13-8-7-12(21)9-14(13)20/h7-9,11,15H,3-6,10H2,1-2H3,(H,22,25)(H,23,27). The van der Waals surface area contributed by atoms with Gasteiger partial charge in [0.05, 0.1) is 0 Å². The average molecular weight is 396 g/mol. The van der Waals surface area contributed by atoms with Gasteiger partial charge in [0.2, 0.25) is 5.91 Å². The second-order valence-electron chi connectivity index (χ2n) is 7.51. The van der Waals surface area contributed by atoms with E-state index < -0.39 is 23.3 Å². The van der Waals surface area contributed by atoms with E-state index >= 15 is 0 Å². The lowest BCUT2D eigenvalue weighted by molar-refractivity contribution is -0.135. The molecule has 0 radical (unpaired) electrons. The molecular weight excluding hydrogens is 373 g/mol. The van der Waals surface area contributed by atoms with Crippen LogP contribution in [0, 0.1) is 11.7 Å². The van der Waals surface area contributed by atoms with E-state index in [2.05, 4.69) is 17.6 Å². The van der Waals surface area contributed by atoms with Crippen LogP contribution in [0.5, 0.6) is 0 Å². The predicted octanol–water partition coefficient (Wildman–Crippen LogP) is 2.94. The van der Waals surface area contributed by atoms with Gasteiger partial charge in [-0.2, -0.15) is 0 Å². The highest BCUT2D eigenvalue weighted by atomic mass is 35.5. The summed E-state index contributed by atoms with van der Waals surface area (Å²) < 4.78 is 13.3. The molecule has 1 aromatic carbocycles. The van der Waals surface area contributed by atoms with Gasteiger partial charge in [-0.15, -0.1) is 0 Å². The number of amides is 4. The molecule has 27 heavy (non-hydrogen) atoms. The van der Waals surface area contributed by atoms with Crippen LogP contribution in [0.15, 0.2) is 18.2 Å². The van der Waals surface area contributed by atoms with Gasteiger partial charge in [0.1, 0.15) is 17.9 Å². The number of hydrogen-bond donors (Lipinski definition) is 2. The molecule has 1 aliphatic heterocycles. The van der Waals surface area contributed by atoms with Gasteiger partial charge in [-0.05, 0) is 37.8 Å². The minimum Gasteiger partial charge on any atom is -0.352 e. The lowest BCUT2D eigenvalue weighted by Crippen LogP contribution is -2.47. The third-order valence-electron chi connectivity index (χ3n) is 5.50. The molecule has 0 spiro atoms. The predicted molar refractivity (Wildman–Crippen MR) is 98.6 cm³/mol. The molecule has 4 amide bonds. The lowest BCUT2D eigenvalue weighted by atomic mass is 9.86. The molecule has 8 heteroatoms. The summed E-state index contributed by atoms with van der Waals surface area (Å²) in [7, 11) is 0. The molecule has 1 aliphatic carbocycles. The summed E-state index contributed by atoms with van der Waals surface area (Å²) in [6.07, 6.45) is 4.15. The van der Waals surface area contributed by atoms with Crippen LogP contribution in [-0.2, 0) is 15.1 Å². The fraction of sp³-hybridized carbons (Fsp3) is 0.526. The van der Waals surface area contributed by atoms with Crippen molar-refractivity contribution in [2.75, 3.05) is 6.54 Å². The van der Waals surface area contributed by atoms with Crippen LogP contribution in [0.1, 0.15) is 45.1 Å². The zero-order valence-corrected chi connectivity index (χ0v) is 16.1. The Labute approximate surface area is 162 Å². The van der Waals surface area contributed by atoms with Crippen molar-refractivity contribution in [1.82, 2.24) is 15.5 Å². The Balaban J connectivity index is 1.73. The minimum atomic E-state index is -1.44. The van der Waals surface area contributed by atoms with Crippen molar-refractivity contribution in [3.05, 3.63) is 34.6 Å². The van der Waals surface area contributed by atoms with E-state index in [1.165, 1.54) is 19.1 Å². The maximum absolute atomic E-state index is 13.3. The molecule has 1 saturated carbocycles. The summed E-state index contributed by atoms with van der Waals surface area (Å²) >= 11 is 6.07. The van der Waals surface area contributed by atoms with Crippen LogP contribution in [0.4, 0.5) is 9.18 Å². The Kier molecular flexibility index (Phi) is 5.42. The van der Waals surface area contributed by atoms with Crippen LogP contribution in [0.3, 0.4) is 0 Å². The molecule has 3 atom stereocenters. The van der Waals surface area contributed by atoms with Crippen LogP contribution in [0.2, 0.25) is 5.02 Å². The van der Waals surface area contributed by atoms with E-state index in [0.717, 1.165) is 36.6 Å². The molecule has 0 aromatic heterocycles. The highest BCUT2D eigenvalue weighted by Gasteiger charge is 2.50. The molecule has 2 fully saturated rings. The molecular formula is C19H23ClFN3O3. The third kappa shape index (κ3) is 3.78. The van der Waals surface area contributed by atoms with Gasteiger partial charge in [-0.1, -0.05) is 37.4 Å². The number of hydrogen-bond acceptors (Lipinski definition) is 3. The summed E-state index contributed by atoms with van der Waals surface area (Å²) in [4.78, 5) is 38.5. The second-order valence-corrected chi connectivity index (χ2v) is 7.91. The fourth-order valence-electron chi connectivity index (χ4n) is 3.84. The van der Waals surface area contributed by atoms with Gasteiger partial charge in [0.15, 0.2) is 0 Å². The molecule has 1 heterocycles. The summed E-state index contributed by atoms with van der Waals surface area (Å²) in [6.45, 7) is 3.22. The SMILES string of the molecule is CC1CCCCC1NC(=O)CN1C(=O)NC(C)(c2ccc(F)cc2Cl)C1=O. The minimum absolute atomic E-state index is 0.0356. The van der Waals surface area contributed by atoms with E-state index in [1.54, 1.807) is 0 Å². The number of benzene rings is 1. The Morgan fingerprint density at radius 3 is 2.74 bits per heavy atom. The first-order valence-electron chi connectivity index (χ1n) is 9.11. The Hall–Kier alpha value is -2.15. The number of urea groups is 1. The average Bonchev–Trinajstić information content (AvgIpc) is 2.81. The number of carbonyl (C=O) groups is 3. The van der Waals surface area contributed by atoms with Gasteiger partial charge in [0.25, 0.3) is 5.91 Å². The Morgan fingerprint density at radius 1 is 1.37 bits per heavy atom. The summed E-state index contributed by atoms with van der Waals surface area (Å²) in [5, 5.41) is 5.54. The van der Waals surface area contributed by atoms with Crippen LogP contribution in [0.25, 0.3) is 0 Å². The topological polar surface area (TPSA) is 78.5 Å². The number of rotatable bonds is 4. The molecule has 1 aromatic rings. The van der Waals surface area contributed by atoms with E-state index in [-0.39, 0.29) is 29.1 Å². The van der Waals surface area contributed by atoms with Crippen LogP contribution >= 0.6 is 11.6 Å². The van der Waals surface area contributed by atoms with Crippen molar-refractivity contribution in [2.24, 2.45) is 5.92 Å². The van der Waals surface area contributed by atoms with Crippen LogP contribution < -0.4 is 10.6 Å². The second kappa shape index (κ2) is 7.46. The zero-order valence-electron chi connectivity index (χ0n) is 15.4. The molecule has 2 aliphatic rings. The van der Waals surface area contributed by atoms with Crippen LogP contribution in [-0.4, -0.2) is 35.3 Å². The van der Waals surface area contributed by atoms with Gasteiger partial charge in [-0.25, -0.2) is 9.18 Å². The highest BCUT2D eigenvalue weighted by molar-refractivity contribution is 6.32. The van der Waals surface area contributed by atoms with E-state index in [4.69, 9.17) is 11.6 Å². The first-order valence-corrected chi connectivity index (χ1v) is 9.49. The number of nitrogens with zero attached hydrogens (tertiary/aromatic N) is 1. The lowest BCUT2D eigenvalue weighted by Gasteiger charge is -2.30. The third-order valence-corrected chi connectivity index (χ3v) is 5.82. The van der Waals surface area contributed by atoms with E-state index in [9.17, 15) is 18.8 Å². The number of halogens is 2. The molecule has 1 saturated heterocycles. The zero-order chi connectivity index (χ0) is 19.8. The number of nitrogens with one attached hydrogen (secondary N) is 2. The largest absolute Gasteiger partial charge is 0.352 e. The van der Waals surface area contributed by atoms with Crippen molar-refractivity contribution >= 4 is 29.4 Å². The highest BCUT2D eigenvalue weighted by Crippen LogP contribution is 2.34. The number of carbonyl (C=O) groups excluding carboxylic acids is 3. The molecule has 6 nitrogen and oxygen atoms in total. The molecule has 3 rings (SSSR count). The van der Waals surface area contributed by atoms with Gasteiger partial charge >= 0.3 is 6.03 Å². The number of imide groups is 1. The van der Waals surface area contributed by atoms with Gasteiger partial charge in [-0.3, -0.25) is 14.5 Å². The first kappa shape index (κ1) is 19.6. The quantitative estimate of drug-likeness (QED) is 0.769. The maximum Gasteiger partial charge on any atom is 0.325 e.